The summed E-state index contributed by atoms with van der Waals surface area (Å²) >= 11 is 0. The van der Waals surface area contributed by atoms with E-state index in [0.717, 1.165) is 0 Å². The number of aromatic nitrogens is 3. The van der Waals surface area contributed by atoms with Crippen LogP contribution >= 0.6 is 0 Å². The molecule has 0 aliphatic carbocycles. The normalized spacial score (nSPS) is 11.5. The van der Waals surface area contributed by atoms with E-state index in [0.29, 0.717) is 17.9 Å². The van der Waals surface area contributed by atoms with E-state index in [-0.39, 0.29) is 24.5 Å². The third-order valence-corrected chi connectivity index (χ3v) is 4.23. The molecule has 0 saturated carbocycles. The number of amides is 1. The number of nitro groups is 1. The van der Waals surface area contributed by atoms with Crippen LogP contribution in [0.4, 0.5) is 5.69 Å². The molecule has 1 amide bonds. The van der Waals surface area contributed by atoms with Crippen LogP contribution in [0.25, 0.3) is 5.69 Å². The number of likely N-dealkylation sites (N-methyl/N-ethyl adjacent to an activating group) is 1. The highest BCUT2D eigenvalue weighted by Gasteiger charge is 2.27. The summed E-state index contributed by atoms with van der Waals surface area (Å²) in [5.74, 6) is -0.995. The van der Waals surface area contributed by atoms with Gasteiger partial charge in [-0.15, -0.1) is 5.10 Å². The van der Waals surface area contributed by atoms with Crippen molar-refractivity contribution in [1.29, 1.82) is 0 Å². The van der Waals surface area contributed by atoms with Crippen LogP contribution in [-0.2, 0) is 9.53 Å². The average Bonchev–Trinajstić information content (AvgIpc) is 3.04. The molecule has 0 atom stereocenters. The molecule has 0 fully saturated rings. The third kappa shape index (κ3) is 6.57. The van der Waals surface area contributed by atoms with Crippen molar-refractivity contribution in [2.24, 2.45) is 0 Å². The molecular formula is C20H28N6O5. The van der Waals surface area contributed by atoms with Crippen molar-refractivity contribution in [3.63, 3.8) is 0 Å². The predicted octanol–water partition coefficient (Wildman–Crippen LogP) is 1.83. The maximum absolute atomic E-state index is 13.2. The van der Waals surface area contributed by atoms with Gasteiger partial charge in [0.15, 0.2) is 5.69 Å². The standard InChI is InChI=1S/C20H28N6O5/c1-14-18(21-22-25(14)15-8-7-9-16(12-15)26(29)30)19(28)24(11-10-23(5)6)13-17(27)31-20(2,3)4/h7-9,12H,10-11,13H2,1-6H3. The minimum Gasteiger partial charge on any atom is -0.459 e. The number of esters is 1. The Balaban J connectivity index is 2.31. The summed E-state index contributed by atoms with van der Waals surface area (Å²) in [5, 5.41) is 19.0. The molecule has 0 radical (unpaired) electrons. The van der Waals surface area contributed by atoms with Gasteiger partial charge in [-0.2, -0.15) is 0 Å². The molecule has 2 rings (SSSR count). The van der Waals surface area contributed by atoms with Gasteiger partial charge in [0, 0.05) is 25.2 Å². The molecule has 0 aliphatic rings. The summed E-state index contributed by atoms with van der Waals surface area (Å²) in [7, 11) is 3.72. The van der Waals surface area contributed by atoms with E-state index in [1.807, 2.05) is 19.0 Å². The molecule has 2 aromatic rings. The Kier molecular flexibility index (Phi) is 7.45. The van der Waals surface area contributed by atoms with Crippen LogP contribution in [-0.4, -0.2) is 80.9 Å². The maximum atomic E-state index is 13.2. The molecular weight excluding hydrogens is 404 g/mol. The highest BCUT2D eigenvalue weighted by Crippen LogP contribution is 2.19. The summed E-state index contributed by atoms with van der Waals surface area (Å²) in [5.41, 5.74) is 0.107. The summed E-state index contributed by atoms with van der Waals surface area (Å²) in [6, 6.07) is 5.88. The fourth-order valence-corrected chi connectivity index (χ4v) is 2.76. The number of rotatable bonds is 8. The summed E-state index contributed by atoms with van der Waals surface area (Å²) in [6.45, 7) is 7.50. The molecule has 168 valence electrons. The number of hydrogen-bond donors (Lipinski definition) is 0. The Bertz CT molecular complexity index is 963. The number of nitro benzene ring substituents is 1. The topological polar surface area (TPSA) is 124 Å². The van der Waals surface area contributed by atoms with Gasteiger partial charge in [-0.3, -0.25) is 19.7 Å². The van der Waals surface area contributed by atoms with Crippen molar-refractivity contribution in [3.8, 4) is 5.69 Å². The van der Waals surface area contributed by atoms with Crippen LogP contribution in [0.3, 0.4) is 0 Å². The lowest BCUT2D eigenvalue weighted by Crippen LogP contribution is -2.42. The maximum Gasteiger partial charge on any atom is 0.326 e. The largest absolute Gasteiger partial charge is 0.459 e. The summed E-state index contributed by atoms with van der Waals surface area (Å²) in [4.78, 5) is 39.3. The van der Waals surface area contributed by atoms with Gasteiger partial charge in [0.05, 0.1) is 16.3 Å². The zero-order chi connectivity index (χ0) is 23.3. The van der Waals surface area contributed by atoms with Gasteiger partial charge in [-0.25, -0.2) is 4.68 Å². The van der Waals surface area contributed by atoms with E-state index in [4.69, 9.17) is 4.74 Å². The van der Waals surface area contributed by atoms with Crippen molar-refractivity contribution in [2.45, 2.75) is 33.3 Å². The fraction of sp³-hybridized carbons (Fsp3) is 0.500. The first-order valence-electron chi connectivity index (χ1n) is 9.72. The SMILES string of the molecule is Cc1c(C(=O)N(CCN(C)C)CC(=O)OC(C)(C)C)nnn1-c1cccc([N+](=O)[O-])c1. The van der Waals surface area contributed by atoms with Gasteiger partial charge >= 0.3 is 5.97 Å². The van der Waals surface area contributed by atoms with Crippen molar-refractivity contribution in [2.75, 3.05) is 33.7 Å². The van der Waals surface area contributed by atoms with E-state index in [9.17, 15) is 19.7 Å². The van der Waals surface area contributed by atoms with Crippen molar-refractivity contribution >= 4 is 17.6 Å². The molecule has 1 aromatic carbocycles. The number of hydrogen-bond acceptors (Lipinski definition) is 8. The lowest BCUT2D eigenvalue weighted by Gasteiger charge is -2.25. The molecule has 0 N–H and O–H groups in total. The predicted molar refractivity (Wildman–Crippen MR) is 113 cm³/mol. The molecule has 1 aromatic heterocycles. The van der Waals surface area contributed by atoms with Crippen molar-refractivity contribution in [3.05, 3.63) is 45.8 Å². The van der Waals surface area contributed by atoms with Gasteiger partial charge in [-0.1, -0.05) is 11.3 Å². The number of ether oxygens (including phenoxy) is 1. The number of benzene rings is 1. The Morgan fingerprint density at radius 1 is 1.23 bits per heavy atom. The summed E-state index contributed by atoms with van der Waals surface area (Å²) in [6.07, 6.45) is 0. The van der Waals surface area contributed by atoms with Crippen LogP contribution in [0, 0.1) is 17.0 Å². The van der Waals surface area contributed by atoms with Crippen LogP contribution in [0.1, 0.15) is 37.0 Å². The first-order valence-corrected chi connectivity index (χ1v) is 9.72. The van der Waals surface area contributed by atoms with Crippen LogP contribution in [0.2, 0.25) is 0 Å². The Hall–Kier alpha value is -3.34. The average molecular weight is 432 g/mol. The third-order valence-electron chi connectivity index (χ3n) is 4.23. The Morgan fingerprint density at radius 2 is 1.90 bits per heavy atom. The fourth-order valence-electron chi connectivity index (χ4n) is 2.76. The van der Waals surface area contributed by atoms with E-state index in [1.54, 1.807) is 33.8 Å². The second-order valence-electron chi connectivity index (χ2n) is 8.33. The molecule has 31 heavy (non-hydrogen) atoms. The zero-order valence-electron chi connectivity index (χ0n) is 18.7. The molecule has 11 nitrogen and oxygen atoms in total. The Morgan fingerprint density at radius 3 is 2.48 bits per heavy atom. The highest BCUT2D eigenvalue weighted by atomic mass is 16.6. The zero-order valence-corrected chi connectivity index (χ0v) is 18.7. The number of non-ortho nitro benzene ring substituents is 1. The molecule has 0 unspecified atom stereocenters. The van der Waals surface area contributed by atoms with Crippen molar-refractivity contribution < 1.29 is 19.2 Å². The minimum absolute atomic E-state index is 0.0637. The van der Waals surface area contributed by atoms with Crippen LogP contribution in [0.15, 0.2) is 24.3 Å². The minimum atomic E-state index is -0.672. The second kappa shape index (κ2) is 9.65. The molecule has 11 heteroatoms. The quantitative estimate of drug-likeness (QED) is 0.352. The van der Waals surface area contributed by atoms with Crippen LogP contribution in [0.5, 0.6) is 0 Å². The smallest absolute Gasteiger partial charge is 0.326 e. The highest BCUT2D eigenvalue weighted by molar-refractivity contribution is 5.95. The molecule has 1 heterocycles. The first-order chi connectivity index (χ1) is 14.4. The lowest BCUT2D eigenvalue weighted by atomic mass is 10.2. The number of carbonyl (C=O) groups is 2. The molecule has 0 saturated heterocycles. The van der Waals surface area contributed by atoms with Gasteiger partial charge in [-0.05, 0) is 47.9 Å². The lowest BCUT2D eigenvalue weighted by molar-refractivity contribution is -0.384. The van der Waals surface area contributed by atoms with Crippen molar-refractivity contribution in [1.82, 2.24) is 24.8 Å². The van der Waals surface area contributed by atoms with E-state index in [1.165, 1.54) is 27.8 Å². The molecule has 0 bridgehead atoms. The Labute approximate surface area is 180 Å². The van der Waals surface area contributed by atoms with Crippen LogP contribution < -0.4 is 0 Å². The molecule has 0 aliphatic heterocycles. The van der Waals surface area contributed by atoms with Gasteiger partial charge in [0.2, 0.25) is 0 Å². The van der Waals surface area contributed by atoms with Gasteiger partial charge < -0.3 is 14.5 Å². The summed E-state index contributed by atoms with van der Waals surface area (Å²) < 4.78 is 6.71. The van der Waals surface area contributed by atoms with Gasteiger partial charge in [0.1, 0.15) is 12.1 Å². The van der Waals surface area contributed by atoms with Gasteiger partial charge in [0.25, 0.3) is 11.6 Å². The second-order valence-corrected chi connectivity index (χ2v) is 8.33. The van der Waals surface area contributed by atoms with E-state index in [2.05, 4.69) is 10.3 Å². The first kappa shape index (κ1) is 23.9. The number of carbonyl (C=O) groups excluding carboxylic acids is 2. The monoisotopic (exact) mass is 432 g/mol. The van der Waals surface area contributed by atoms with E-state index < -0.39 is 22.4 Å². The van der Waals surface area contributed by atoms with E-state index >= 15 is 0 Å². The number of nitrogens with zero attached hydrogens (tertiary/aromatic N) is 6. The molecule has 0 spiro atoms.